The molecule has 0 unspecified atom stereocenters. The van der Waals surface area contributed by atoms with Gasteiger partial charge >= 0.3 is 0 Å². The Kier molecular flexibility index (Phi) is 4.18. The van der Waals surface area contributed by atoms with E-state index in [1.165, 1.54) is 32.4 Å². The topological polar surface area (TPSA) is 29.3 Å². The highest BCUT2D eigenvalue weighted by Crippen LogP contribution is 2.37. The van der Waals surface area contributed by atoms with Gasteiger partial charge in [-0.05, 0) is 55.0 Å². The fourth-order valence-corrected chi connectivity index (χ4v) is 3.12. The number of nitrogens with two attached hydrogens (primary N) is 1. The van der Waals surface area contributed by atoms with Gasteiger partial charge in [0, 0.05) is 23.8 Å². The van der Waals surface area contributed by atoms with Crippen LogP contribution in [0.25, 0.3) is 0 Å². The molecule has 1 fully saturated rings. The SMILES string of the molecule is CCC1(CC)CCN(Cc2cc(N)ccc2Cl)C1. The number of hydrogen-bond donors (Lipinski definition) is 1. The van der Waals surface area contributed by atoms with Gasteiger partial charge in [-0.25, -0.2) is 0 Å². The first-order valence-electron chi connectivity index (χ1n) is 6.85. The monoisotopic (exact) mass is 266 g/mol. The lowest BCUT2D eigenvalue weighted by Gasteiger charge is -2.26. The largest absolute Gasteiger partial charge is 0.399 e. The predicted molar refractivity (Wildman–Crippen MR) is 78.8 cm³/mol. The second-order valence-electron chi connectivity index (χ2n) is 5.52. The van der Waals surface area contributed by atoms with Gasteiger partial charge in [0.15, 0.2) is 0 Å². The van der Waals surface area contributed by atoms with E-state index in [9.17, 15) is 0 Å². The number of benzene rings is 1. The fourth-order valence-electron chi connectivity index (χ4n) is 2.95. The van der Waals surface area contributed by atoms with E-state index in [-0.39, 0.29) is 0 Å². The Labute approximate surface area is 115 Å². The Morgan fingerprint density at radius 3 is 2.67 bits per heavy atom. The van der Waals surface area contributed by atoms with Crippen molar-refractivity contribution >= 4 is 17.3 Å². The molecule has 0 bridgehead atoms. The summed E-state index contributed by atoms with van der Waals surface area (Å²) in [6, 6.07) is 5.76. The number of rotatable bonds is 4. The predicted octanol–water partition coefficient (Wildman–Crippen LogP) is 3.93. The second-order valence-corrected chi connectivity index (χ2v) is 5.93. The van der Waals surface area contributed by atoms with Crippen LogP contribution >= 0.6 is 11.6 Å². The van der Waals surface area contributed by atoms with Gasteiger partial charge in [-0.3, -0.25) is 4.90 Å². The van der Waals surface area contributed by atoms with E-state index < -0.39 is 0 Å². The summed E-state index contributed by atoms with van der Waals surface area (Å²) in [4.78, 5) is 2.51. The highest BCUT2D eigenvalue weighted by Gasteiger charge is 2.34. The van der Waals surface area contributed by atoms with Crippen molar-refractivity contribution < 1.29 is 0 Å². The van der Waals surface area contributed by atoms with Crippen LogP contribution in [0.5, 0.6) is 0 Å². The molecule has 1 saturated heterocycles. The van der Waals surface area contributed by atoms with Crippen LogP contribution in [0.4, 0.5) is 5.69 Å². The van der Waals surface area contributed by atoms with Crippen LogP contribution in [0.15, 0.2) is 18.2 Å². The summed E-state index contributed by atoms with van der Waals surface area (Å²) >= 11 is 6.23. The summed E-state index contributed by atoms with van der Waals surface area (Å²) in [6.45, 7) is 7.89. The number of nitrogens with zero attached hydrogens (tertiary/aromatic N) is 1. The lowest BCUT2D eigenvalue weighted by atomic mass is 9.82. The van der Waals surface area contributed by atoms with E-state index in [0.717, 1.165) is 22.8 Å². The zero-order chi connectivity index (χ0) is 13.2. The van der Waals surface area contributed by atoms with Crippen molar-refractivity contribution in [2.75, 3.05) is 18.8 Å². The highest BCUT2D eigenvalue weighted by atomic mass is 35.5. The molecule has 1 aromatic rings. The van der Waals surface area contributed by atoms with Gasteiger partial charge < -0.3 is 5.73 Å². The third-order valence-corrected chi connectivity index (χ3v) is 4.85. The van der Waals surface area contributed by atoms with Crippen LogP contribution in [-0.4, -0.2) is 18.0 Å². The highest BCUT2D eigenvalue weighted by molar-refractivity contribution is 6.31. The van der Waals surface area contributed by atoms with E-state index in [4.69, 9.17) is 17.3 Å². The fraction of sp³-hybridized carbons (Fsp3) is 0.600. The smallest absolute Gasteiger partial charge is 0.0452 e. The average Bonchev–Trinajstić information content (AvgIpc) is 2.78. The molecule has 1 aliphatic rings. The summed E-state index contributed by atoms with van der Waals surface area (Å²) in [7, 11) is 0. The molecule has 3 heteroatoms. The normalized spacial score (nSPS) is 19.3. The maximum atomic E-state index is 6.23. The number of hydrogen-bond acceptors (Lipinski definition) is 2. The van der Waals surface area contributed by atoms with Crippen molar-refractivity contribution in [3.05, 3.63) is 28.8 Å². The van der Waals surface area contributed by atoms with E-state index in [2.05, 4.69) is 18.7 Å². The van der Waals surface area contributed by atoms with Crippen LogP contribution in [0.1, 0.15) is 38.7 Å². The molecule has 100 valence electrons. The van der Waals surface area contributed by atoms with E-state index in [0.29, 0.717) is 5.41 Å². The molecular weight excluding hydrogens is 244 g/mol. The Bertz CT molecular complexity index is 413. The Morgan fingerprint density at radius 1 is 1.33 bits per heavy atom. The summed E-state index contributed by atoms with van der Waals surface area (Å²) in [5.74, 6) is 0. The summed E-state index contributed by atoms with van der Waals surface area (Å²) in [5, 5.41) is 0.828. The van der Waals surface area contributed by atoms with Gasteiger partial charge in [0.05, 0.1) is 0 Å². The Balaban J connectivity index is 2.05. The molecule has 0 amide bonds. The van der Waals surface area contributed by atoms with Crippen LogP contribution in [0, 0.1) is 5.41 Å². The first kappa shape index (κ1) is 13.7. The van der Waals surface area contributed by atoms with Crippen molar-refractivity contribution in [1.82, 2.24) is 4.90 Å². The zero-order valence-corrected chi connectivity index (χ0v) is 12.1. The molecule has 0 aliphatic carbocycles. The van der Waals surface area contributed by atoms with Gasteiger partial charge in [-0.2, -0.15) is 0 Å². The Hall–Kier alpha value is -0.730. The molecule has 0 aromatic heterocycles. The van der Waals surface area contributed by atoms with Crippen molar-refractivity contribution in [1.29, 1.82) is 0 Å². The van der Waals surface area contributed by atoms with Crippen LogP contribution in [0.2, 0.25) is 5.02 Å². The average molecular weight is 267 g/mol. The van der Waals surface area contributed by atoms with Crippen molar-refractivity contribution in [3.8, 4) is 0 Å². The first-order valence-corrected chi connectivity index (χ1v) is 7.22. The third kappa shape index (κ3) is 2.81. The minimum atomic E-state index is 0.521. The minimum absolute atomic E-state index is 0.521. The standard InChI is InChI=1S/C15H23ClN2/c1-3-15(4-2)7-8-18(11-15)10-12-9-13(17)5-6-14(12)16/h5-6,9H,3-4,7-8,10-11,17H2,1-2H3. The molecule has 1 heterocycles. The maximum absolute atomic E-state index is 6.23. The summed E-state index contributed by atoms with van der Waals surface area (Å²) in [5.41, 5.74) is 8.30. The van der Waals surface area contributed by atoms with Gasteiger partial charge in [0.1, 0.15) is 0 Å². The molecule has 2 rings (SSSR count). The van der Waals surface area contributed by atoms with Crippen LogP contribution < -0.4 is 5.73 Å². The zero-order valence-electron chi connectivity index (χ0n) is 11.4. The van der Waals surface area contributed by atoms with E-state index in [1.807, 2.05) is 18.2 Å². The molecule has 0 spiro atoms. The molecule has 2 nitrogen and oxygen atoms in total. The maximum Gasteiger partial charge on any atom is 0.0452 e. The van der Waals surface area contributed by atoms with Crippen LogP contribution in [-0.2, 0) is 6.54 Å². The molecule has 1 aromatic carbocycles. The lowest BCUT2D eigenvalue weighted by molar-refractivity contribution is 0.236. The molecule has 0 saturated carbocycles. The third-order valence-electron chi connectivity index (χ3n) is 4.48. The molecule has 1 aliphatic heterocycles. The second kappa shape index (κ2) is 5.50. The number of likely N-dealkylation sites (tertiary alicyclic amines) is 1. The van der Waals surface area contributed by atoms with Crippen molar-refractivity contribution in [2.24, 2.45) is 5.41 Å². The lowest BCUT2D eigenvalue weighted by Crippen LogP contribution is -2.26. The van der Waals surface area contributed by atoms with Crippen molar-refractivity contribution in [2.45, 2.75) is 39.7 Å². The summed E-state index contributed by atoms with van der Waals surface area (Å²) in [6.07, 6.45) is 3.84. The molecule has 0 atom stereocenters. The van der Waals surface area contributed by atoms with Gasteiger partial charge in [-0.1, -0.05) is 25.4 Å². The molecular formula is C15H23ClN2. The van der Waals surface area contributed by atoms with Crippen LogP contribution in [0.3, 0.4) is 0 Å². The van der Waals surface area contributed by atoms with E-state index >= 15 is 0 Å². The number of anilines is 1. The molecule has 0 radical (unpaired) electrons. The first-order chi connectivity index (χ1) is 8.58. The van der Waals surface area contributed by atoms with Gasteiger partial charge in [0.25, 0.3) is 0 Å². The number of nitrogen functional groups attached to an aromatic ring is 1. The number of halogens is 1. The quantitative estimate of drug-likeness (QED) is 0.837. The Morgan fingerprint density at radius 2 is 2.06 bits per heavy atom. The minimum Gasteiger partial charge on any atom is -0.399 e. The molecule has 2 N–H and O–H groups in total. The van der Waals surface area contributed by atoms with Gasteiger partial charge in [0.2, 0.25) is 0 Å². The molecule has 18 heavy (non-hydrogen) atoms. The van der Waals surface area contributed by atoms with E-state index in [1.54, 1.807) is 0 Å². The van der Waals surface area contributed by atoms with Gasteiger partial charge in [-0.15, -0.1) is 0 Å². The summed E-state index contributed by atoms with van der Waals surface area (Å²) < 4.78 is 0. The van der Waals surface area contributed by atoms with Crippen molar-refractivity contribution in [3.63, 3.8) is 0 Å².